The fraction of sp³-hybridized carbons (Fsp3) is 0.385. The Morgan fingerprint density at radius 2 is 1.83 bits per heavy atom. The van der Waals surface area contributed by atoms with Gasteiger partial charge >= 0.3 is 0 Å². The SMILES string of the molecule is NC(=O)CC(N)C(=O)NC1Cc2ccccc2C1. The third-order valence-electron chi connectivity index (χ3n) is 3.16. The Balaban J connectivity index is 1.89. The van der Waals surface area contributed by atoms with Crippen molar-refractivity contribution >= 4 is 11.8 Å². The van der Waals surface area contributed by atoms with Crippen molar-refractivity contribution in [1.82, 2.24) is 5.32 Å². The monoisotopic (exact) mass is 247 g/mol. The second-order valence-corrected chi connectivity index (χ2v) is 4.66. The summed E-state index contributed by atoms with van der Waals surface area (Å²) < 4.78 is 0. The summed E-state index contributed by atoms with van der Waals surface area (Å²) in [7, 11) is 0. The molecule has 0 spiro atoms. The fourth-order valence-corrected chi connectivity index (χ4v) is 2.28. The van der Waals surface area contributed by atoms with E-state index in [2.05, 4.69) is 17.4 Å². The number of nitrogens with one attached hydrogen (secondary N) is 1. The molecule has 5 heteroatoms. The average molecular weight is 247 g/mol. The minimum absolute atomic E-state index is 0.0637. The summed E-state index contributed by atoms with van der Waals surface area (Å²) in [6.07, 6.45) is 1.50. The Morgan fingerprint density at radius 1 is 1.28 bits per heavy atom. The van der Waals surface area contributed by atoms with Crippen LogP contribution in [0.5, 0.6) is 0 Å². The molecule has 1 aliphatic rings. The number of rotatable bonds is 4. The standard InChI is InChI=1S/C13H17N3O2/c14-11(7-12(15)17)13(18)16-10-5-8-3-1-2-4-9(8)6-10/h1-4,10-11H,5-7,14H2,(H2,15,17)(H,16,18). The number of carbonyl (C=O) groups is 2. The quantitative estimate of drug-likeness (QED) is 0.667. The van der Waals surface area contributed by atoms with Crippen LogP contribution in [-0.4, -0.2) is 23.9 Å². The van der Waals surface area contributed by atoms with E-state index in [0.717, 1.165) is 12.8 Å². The lowest BCUT2D eigenvalue weighted by molar-refractivity contribution is -0.126. The number of nitrogens with two attached hydrogens (primary N) is 2. The number of hydrogen-bond donors (Lipinski definition) is 3. The lowest BCUT2D eigenvalue weighted by atomic mass is 10.1. The molecule has 0 fully saturated rings. The highest BCUT2D eigenvalue weighted by Gasteiger charge is 2.25. The zero-order chi connectivity index (χ0) is 13.1. The maximum Gasteiger partial charge on any atom is 0.237 e. The van der Waals surface area contributed by atoms with Crippen LogP contribution in [0.2, 0.25) is 0 Å². The van der Waals surface area contributed by atoms with Crippen LogP contribution in [0.15, 0.2) is 24.3 Å². The Hall–Kier alpha value is -1.88. The van der Waals surface area contributed by atoms with E-state index in [9.17, 15) is 9.59 Å². The molecule has 2 rings (SSSR count). The summed E-state index contributed by atoms with van der Waals surface area (Å²) in [4.78, 5) is 22.4. The molecule has 1 unspecified atom stereocenters. The summed E-state index contributed by atoms with van der Waals surface area (Å²) in [6, 6.07) is 7.30. The second kappa shape index (κ2) is 5.18. The first kappa shape index (κ1) is 12.6. The van der Waals surface area contributed by atoms with E-state index in [4.69, 9.17) is 11.5 Å². The van der Waals surface area contributed by atoms with Gasteiger partial charge < -0.3 is 16.8 Å². The van der Waals surface area contributed by atoms with Gasteiger partial charge in [0.25, 0.3) is 0 Å². The smallest absolute Gasteiger partial charge is 0.237 e. The highest BCUT2D eigenvalue weighted by atomic mass is 16.2. The van der Waals surface area contributed by atoms with Gasteiger partial charge in [-0.1, -0.05) is 24.3 Å². The summed E-state index contributed by atoms with van der Waals surface area (Å²) in [5.41, 5.74) is 13.1. The molecular weight excluding hydrogens is 230 g/mol. The molecule has 5 nitrogen and oxygen atoms in total. The molecule has 0 aromatic heterocycles. The van der Waals surface area contributed by atoms with Crippen LogP contribution in [0, 0.1) is 0 Å². The molecule has 0 bridgehead atoms. The van der Waals surface area contributed by atoms with Gasteiger partial charge in [0.1, 0.15) is 0 Å². The van der Waals surface area contributed by atoms with Gasteiger partial charge in [-0.2, -0.15) is 0 Å². The van der Waals surface area contributed by atoms with E-state index in [0.29, 0.717) is 0 Å². The number of amides is 2. The molecule has 0 saturated heterocycles. The van der Waals surface area contributed by atoms with Gasteiger partial charge in [-0.05, 0) is 24.0 Å². The van der Waals surface area contributed by atoms with Crippen LogP contribution in [0.4, 0.5) is 0 Å². The Kier molecular flexibility index (Phi) is 3.62. The summed E-state index contributed by atoms with van der Waals surface area (Å²) in [6.45, 7) is 0. The highest BCUT2D eigenvalue weighted by molar-refractivity contribution is 5.87. The molecule has 1 aromatic rings. The topological polar surface area (TPSA) is 98.2 Å². The predicted octanol–water partition coefficient (Wildman–Crippen LogP) is -0.527. The second-order valence-electron chi connectivity index (χ2n) is 4.66. The molecule has 1 atom stereocenters. The molecule has 5 N–H and O–H groups in total. The molecule has 0 radical (unpaired) electrons. The van der Waals surface area contributed by atoms with Gasteiger partial charge in [0.05, 0.1) is 12.5 Å². The molecule has 1 aliphatic carbocycles. The molecule has 0 aliphatic heterocycles. The molecule has 18 heavy (non-hydrogen) atoms. The van der Waals surface area contributed by atoms with Gasteiger partial charge in [0, 0.05) is 6.04 Å². The molecular formula is C13H17N3O2. The third kappa shape index (κ3) is 2.87. The summed E-state index contributed by atoms with van der Waals surface area (Å²) in [5.74, 6) is -0.876. The largest absolute Gasteiger partial charge is 0.370 e. The minimum atomic E-state index is -0.855. The number of hydrogen-bond acceptors (Lipinski definition) is 3. The van der Waals surface area contributed by atoms with Gasteiger partial charge in [-0.3, -0.25) is 9.59 Å². The molecule has 1 aromatic carbocycles. The molecule has 2 amide bonds. The zero-order valence-corrected chi connectivity index (χ0v) is 10.1. The van der Waals surface area contributed by atoms with Gasteiger partial charge in [0.15, 0.2) is 0 Å². The number of fused-ring (bicyclic) bond motifs is 1. The van der Waals surface area contributed by atoms with Crippen molar-refractivity contribution < 1.29 is 9.59 Å². The Morgan fingerprint density at radius 3 is 2.33 bits per heavy atom. The van der Waals surface area contributed by atoms with Crippen molar-refractivity contribution in [3.63, 3.8) is 0 Å². The zero-order valence-electron chi connectivity index (χ0n) is 10.1. The van der Waals surface area contributed by atoms with Crippen LogP contribution in [-0.2, 0) is 22.4 Å². The van der Waals surface area contributed by atoms with Crippen molar-refractivity contribution in [1.29, 1.82) is 0 Å². The van der Waals surface area contributed by atoms with E-state index in [-0.39, 0.29) is 18.4 Å². The van der Waals surface area contributed by atoms with Crippen LogP contribution in [0.1, 0.15) is 17.5 Å². The van der Waals surface area contributed by atoms with Crippen molar-refractivity contribution in [2.24, 2.45) is 11.5 Å². The minimum Gasteiger partial charge on any atom is -0.370 e. The molecule has 0 heterocycles. The first-order valence-electron chi connectivity index (χ1n) is 5.97. The maximum atomic E-state index is 11.7. The van der Waals surface area contributed by atoms with Crippen molar-refractivity contribution in [3.05, 3.63) is 35.4 Å². The third-order valence-corrected chi connectivity index (χ3v) is 3.16. The lowest BCUT2D eigenvalue weighted by Crippen LogP contribution is -2.47. The Bertz CT molecular complexity index is 448. The highest BCUT2D eigenvalue weighted by Crippen LogP contribution is 2.21. The Labute approximate surface area is 106 Å². The van der Waals surface area contributed by atoms with Gasteiger partial charge in [0.2, 0.25) is 11.8 Å². The maximum absolute atomic E-state index is 11.7. The first-order chi connectivity index (χ1) is 8.56. The van der Waals surface area contributed by atoms with Crippen molar-refractivity contribution in [2.75, 3.05) is 0 Å². The first-order valence-corrected chi connectivity index (χ1v) is 5.97. The number of primary amides is 1. The number of benzene rings is 1. The lowest BCUT2D eigenvalue weighted by Gasteiger charge is -2.15. The molecule has 96 valence electrons. The predicted molar refractivity (Wildman–Crippen MR) is 67.6 cm³/mol. The van der Waals surface area contributed by atoms with Crippen LogP contribution in [0.25, 0.3) is 0 Å². The van der Waals surface area contributed by atoms with E-state index < -0.39 is 11.9 Å². The van der Waals surface area contributed by atoms with E-state index >= 15 is 0 Å². The normalized spacial score (nSPS) is 16.1. The van der Waals surface area contributed by atoms with Crippen LogP contribution < -0.4 is 16.8 Å². The summed E-state index contributed by atoms with van der Waals surface area (Å²) in [5, 5.41) is 2.86. The fourth-order valence-electron chi connectivity index (χ4n) is 2.28. The van der Waals surface area contributed by atoms with E-state index in [1.165, 1.54) is 11.1 Å². The summed E-state index contributed by atoms with van der Waals surface area (Å²) >= 11 is 0. The van der Waals surface area contributed by atoms with Gasteiger partial charge in [-0.15, -0.1) is 0 Å². The van der Waals surface area contributed by atoms with Crippen LogP contribution >= 0.6 is 0 Å². The van der Waals surface area contributed by atoms with Gasteiger partial charge in [-0.25, -0.2) is 0 Å². The van der Waals surface area contributed by atoms with E-state index in [1.807, 2.05) is 12.1 Å². The van der Waals surface area contributed by atoms with Crippen molar-refractivity contribution in [2.45, 2.75) is 31.3 Å². The number of carbonyl (C=O) groups excluding carboxylic acids is 2. The molecule has 0 saturated carbocycles. The van der Waals surface area contributed by atoms with E-state index in [1.54, 1.807) is 0 Å². The average Bonchev–Trinajstić information content (AvgIpc) is 2.69. The van der Waals surface area contributed by atoms with Crippen LogP contribution in [0.3, 0.4) is 0 Å². The van der Waals surface area contributed by atoms with Crippen molar-refractivity contribution in [3.8, 4) is 0 Å².